The van der Waals surface area contributed by atoms with Crippen molar-refractivity contribution in [3.8, 4) is 5.75 Å². The van der Waals surface area contributed by atoms with Gasteiger partial charge in [-0.15, -0.1) is 0 Å². The zero-order chi connectivity index (χ0) is 14.7. The number of nitro groups is 1. The maximum Gasteiger partial charge on any atom is 0.296 e. The van der Waals surface area contributed by atoms with E-state index < -0.39 is 22.3 Å². The summed E-state index contributed by atoms with van der Waals surface area (Å²) < 4.78 is 0. The number of hydrogen-bond donors (Lipinski definition) is 2. The number of phenols is 1. The number of carbonyl (C=O) groups is 1. The fraction of sp³-hybridized carbons (Fsp3) is 0. The van der Waals surface area contributed by atoms with Crippen LogP contribution >= 0.6 is 11.6 Å². The number of benzene rings is 1. The number of carbonyl (C=O) groups excluding carboxylic acids is 1. The zero-order valence-corrected chi connectivity index (χ0v) is 10.7. The number of nitrogens with zero attached hydrogens (tertiary/aromatic N) is 2. The molecule has 0 aliphatic rings. The molecule has 102 valence electrons. The SMILES string of the molecule is O=C(Nc1c(O)cccc1[N+](=O)[O-])c1ccncc1Cl. The van der Waals surface area contributed by atoms with Gasteiger partial charge in [0.2, 0.25) is 0 Å². The van der Waals surface area contributed by atoms with Crippen LogP contribution < -0.4 is 5.32 Å². The number of phenolic OH excluding ortho intramolecular Hbond substituents is 1. The predicted octanol–water partition coefficient (Wildman–Crippen LogP) is 2.60. The summed E-state index contributed by atoms with van der Waals surface area (Å²) in [6.45, 7) is 0. The van der Waals surface area contributed by atoms with Gasteiger partial charge in [0.1, 0.15) is 5.75 Å². The molecular weight excluding hydrogens is 286 g/mol. The molecule has 0 bridgehead atoms. The summed E-state index contributed by atoms with van der Waals surface area (Å²) in [6.07, 6.45) is 2.63. The molecule has 0 spiro atoms. The number of halogens is 1. The van der Waals surface area contributed by atoms with Crippen molar-refractivity contribution in [1.29, 1.82) is 0 Å². The molecule has 20 heavy (non-hydrogen) atoms. The third-order valence-electron chi connectivity index (χ3n) is 2.47. The summed E-state index contributed by atoms with van der Waals surface area (Å²) in [5.74, 6) is -1.08. The van der Waals surface area contributed by atoms with Gasteiger partial charge in [-0.2, -0.15) is 0 Å². The predicted molar refractivity (Wildman–Crippen MR) is 72.0 cm³/mol. The first-order chi connectivity index (χ1) is 9.50. The van der Waals surface area contributed by atoms with Crippen molar-refractivity contribution >= 4 is 28.9 Å². The highest BCUT2D eigenvalue weighted by Crippen LogP contribution is 2.33. The number of aromatic hydroxyl groups is 1. The Morgan fingerprint density at radius 1 is 1.40 bits per heavy atom. The maximum absolute atomic E-state index is 12.0. The normalized spacial score (nSPS) is 10.1. The highest BCUT2D eigenvalue weighted by atomic mass is 35.5. The molecule has 7 nitrogen and oxygen atoms in total. The van der Waals surface area contributed by atoms with E-state index in [0.29, 0.717) is 0 Å². The van der Waals surface area contributed by atoms with E-state index in [0.717, 1.165) is 0 Å². The highest BCUT2D eigenvalue weighted by molar-refractivity contribution is 6.34. The molecule has 2 N–H and O–H groups in total. The van der Waals surface area contributed by atoms with Crippen molar-refractivity contribution in [2.45, 2.75) is 0 Å². The Morgan fingerprint density at radius 3 is 2.80 bits per heavy atom. The molecule has 8 heteroatoms. The fourth-order valence-corrected chi connectivity index (χ4v) is 1.75. The van der Waals surface area contributed by atoms with E-state index in [1.54, 1.807) is 0 Å². The summed E-state index contributed by atoms with van der Waals surface area (Å²) in [5, 5.41) is 22.9. The molecule has 0 radical (unpaired) electrons. The molecule has 1 heterocycles. The number of nitro benzene ring substituents is 1. The lowest BCUT2D eigenvalue weighted by Crippen LogP contribution is -2.14. The third kappa shape index (κ3) is 2.67. The van der Waals surface area contributed by atoms with Crippen LogP contribution in [0, 0.1) is 10.1 Å². The van der Waals surface area contributed by atoms with Crippen molar-refractivity contribution in [1.82, 2.24) is 4.98 Å². The van der Waals surface area contributed by atoms with E-state index in [9.17, 15) is 20.0 Å². The van der Waals surface area contributed by atoms with Crippen LogP contribution in [0.1, 0.15) is 10.4 Å². The lowest BCUT2D eigenvalue weighted by Gasteiger charge is -2.08. The van der Waals surface area contributed by atoms with Crippen LogP contribution in [-0.2, 0) is 0 Å². The Bertz CT molecular complexity index is 690. The fourth-order valence-electron chi connectivity index (χ4n) is 1.55. The second-order valence-corrected chi connectivity index (χ2v) is 4.15. The molecule has 2 rings (SSSR count). The Morgan fingerprint density at radius 2 is 2.15 bits per heavy atom. The molecule has 0 fully saturated rings. The van der Waals surface area contributed by atoms with Crippen molar-refractivity contribution in [2.24, 2.45) is 0 Å². The van der Waals surface area contributed by atoms with Gasteiger partial charge in [-0.3, -0.25) is 19.9 Å². The van der Waals surface area contributed by atoms with Crippen LogP contribution in [0.2, 0.25) is 5.02 Å². The minimum atomic E-state index is -0.705. The van der Waals surface area contributed by atoms with Crippen molar-refractivity contribution in [3.05, 3.63) is 57.4 Å². The highest BCUT2D eigenvalue weighted by Gasteiger charge is 2.21. The van der Waals surface area contributed by atoms with E-state index in [4.69, 9.17) is 11.6 Å². The van der Waals surface area contributed by atoms with Crippen LogP contribution in [-0.4, -0.2) is 20.9 Å². The van der Waals surface area contributed by atoms with Gasteiger partial charge in [0, 0.05) is 18.5 Å². The van der Waals surface area contributed by atoms with E-state index in [2.05, 4.69) is 10.3 Å². The molecule has 1 aromatic heterocycles. The molecule has 0 aliphatic carbocycles. The summed E-state index contributed by atoms with van der Waals surface area (Å²) in [7, 11) is 0. The Hall–Kier alpha value is -2.67. The molecule has 0 atom stereocenters. The number of hydrogen-bond acceptors (Lipinski definition) is 5. The first-order valence-electron chi connectivity index (χ1n) is 5.38. The number of anilines is 1. The van der Waals surface area contributed by atoms with Crippen molar-refractivity contribution < 1.29 is 14.8 Å². The van der Waals surface area contributed by atoms with Gasteiger partial charge in [-0.05, 0) is 12.1 Å². The van der Waals surface area contributed by atoms with Gasteiger partial charge >= 0.3 is 0 Å². The van der Waals surface area contributed by atoms with Crippen LogP contribution in [0.25, 0.3) is 0 Å². The lowest BCUT2D eigenvalue weighted by atomic mass is 10.2. The second-order valence-electron chi connectivity index (χ2n) is 3.74. The van der Waals surface area contributed by atoms with Crippen molar-refractivity contribution in [2.75, 3.05) is 5.32 Å². The summed E-state index contributed by atoms with van der Waals surface area (Å²) in [5.41, 5.74) is -0.599. The van der Waals surface area contributed by atoms with Gasteiger partial charge in [-0.25, -0.2) is 0 Å². The summed E-state index contributed by atoms with van der Waals surface area (Å²) >= 11 is 5.81. The average molecular weight is 294 g/mol. The molecule has 0 saturated heterocycles. The average Bonchev–Trinajstić information content (AvgIpc) is 2.41. The van der Waals surface area contributed by atoms with Crippen LogP contribution in [0.15, 0.2) is 36.7 Å². The van der Waals surface area contributed by atoms with Gasteiger partial charge in [0.05, 0.1) is 15.5 Å². The molecule has 0 saturated carbocycles. The molecule has 1 amide bonds. The number of amides is 1. The van der Waals surface area contributed by atoms with E-state index >= 15 is 0 Å². The zero-order valence-electron chi connectivity index (χ0n) is 9.91. The number of pyridine rings is 1. The number of nitrogens with one attached hydrogen (secondary N) is 1. The van der Waals surface area contributed by atoms with Gasteiger partial charge in [0.25, 0.3) is 11.6 Å². The van der Waals surface area contributed by atoms with E-state index in [-0.39, 0.29) is 16.3 Å². The number of aromatic nitrogens is 1. The van der Waals surface area contributed by atoms with Gasteiger partial charge in [0.15, 0.2) is 5.69 Å². The van der Waals surface area contributed by atoms with Crippen LogP contribution in [0.5, 0.6) is 5.75 Å². The Balaban J connectivity index is 2.38. The monoisotopic (exact) mass is 293 g/mol. The standard InChI is InChI=1S/C12H8ClN3O4/c13-8-6-14-5-4-7(8)12(18)15-11-9(16(19)20)2-1-3-10(11)17/h1-6,17H,(H,15,18). The van der Waals surface area contributed by atoms with E-state index in [1.807, 2.05) is 0 Å². The van der Waals surface area contributed by atoms with Gasteiger partial charge < -0.3 is 10.4 Å². The third-order valence-corrected chi connectivity index (χ3v) is 2.77. The molecule has 0 unspecified atom stereocenters. The molecular formula is C12H8ClN3O4. The number of para-hydroxylation sites is 1. The topological polar surface area (TPSA) is 105 Å². The molecule has 2 aromatic rings. The quantitative estimate of drug-likeness (QED) is 0.514. The Kier molecular flexibility index (Phi) is 3.81. The Labute approximate surface area is 118 Å². The largest absolute Gasteiger partial charge is 0.505 e. The molecule has 1 aromatic carbocycles. The first-order valence-corrected chi connectivity index (χ1v) is 5.75. The smallest absolute Gasteiger partial charge is 0.296 e. The summed E-state index contributed by atoms with van der Waals surface area (Å²) in [4.78, 5) is 25.9. The van der Waals surface area contributed by atoms with Crippen molar-refractivity contribution in [3.63, 3.8) is 0 Å². The van der Waals surface area contributed by atoms with E-state index in [1.165, 1.54) is 36.7 Å². The second kappa shape index (κ2) is 5.54. The number of rotatable bonds is 3. The minimum absolute atomic E-state index is 0.0965. The van der Waals surface area contributed by atoms with Crippen LogP contribution in [0.3, 0.4) is 0 Å². The van der Waals surface area contributed by atoms with Gasteiger partial charge in [-0.1, -0.05) is 17.7 Å². The lowest BCUT2D eigenvalue weighted by molar-refractivity contribution is -0.384. The van der Waals surface area contributed by atoms with Crippen LogP contribution in [0.4, 0.5) is 11.4 Å². The first kappa shape index (κ1) is 13.8. The maximum atomic E-state index is 12.0. The molecule has 0 aliphatic heterocycles. The summed E-state index contributed by atoms with van der Waals surface area (Å²) in [6, 6.07) is 5.08. The minimum Gasteiger partial charge on any atom is -0.505 e.